The summed E-state index contributed by atoms with van der Waals surface area (Å²) in [5.41, 5.74) is -0.782. The molecule has 1 aliphatic rings. The Bertz CT molecular complexity index is 1020. The minimum absolute atomic E-state index is 0.0253. The molecular formula is C19H27ClN4O4. The highest BCUT2D eigenvalue weighted by molar-refractivity contribution is 6.29. The number of ether oxygens (including phenoxy) is 1. The maximum Gasteiger partial charge on any atom is 0.332 e. The molecule has 9 heteroatoms. The molecule has 154 valence electrons. The number of hydrogen-bond donors (Lipinski definition) is 0. The van der Waals surface area contributed by atoms with E-state index in [-0.39, 0.29) is 29.1 Å². The Balaban J connectivity index is 1.90. The van der Waals surface area contributed by atoms with Crippen LogP contribution >= 0.6 is 11.6 Å². The number of nitrogens with zero attached hydrogens (tertiary/aromatic N) is 4. The first kappa shape index (κ1) is 20.6. The Morgan fingerprint density at radius 1 is 1.25 bits per heavy atom. The lowest BCUT2D eigenvalue weighted by molar-refractivity contribution is -0.156. The van der Waals surface area contributed by atoms with Gasteiger partial charge in [-0.1, -0.05) is 27.2 Å². The lowest BCUT2D eigenvalue weighted by Crippen LogP contribution is -2.38. The van der Waals surface area contributed by atoms with Crippen molar-refractivity contribution in [1.29, 1.82) is 0 Å². The number of halogens is 1. The minimum atomic E-state index is -0.545. The highest BCUT2D eigenvalue weighted by atomic mass is 35.5. The van der Waals surface area contributed by atoms with E-state index in [1.54, 1.807) is 0 Å². The van der Waals surface area contributed by atoms with Crippen molar-refractivity contribution in [1.82, 2.24) is 18.7 Å². The number of imidazole rings is 1. The number of esters is 1. The molecule has 0 unspecified atom stereocenters. The van der Waals surface area contributed by atoms with Crippen LogP contribution in [0.15, 0.2) is 9.59 Å². The van der Waals surface area contributed by atoms with Crippen LogP contribution in [-0.4, -0.2) is 30.8 Å². The molecule has 0 aromatic carbocycles. The molecule has 0 N–H and O–H groups in total. The van der Waals surface area contributed by atoms with E-state index < -0.39 is 17.2 Å². The molecule has 2 aromatic rings. The van der Waals surface area contributed by atoms with Gasteiger partial charge in [-0.3, -0.25) is 23.3 Å². The number of aromatic nitrogens is 4. The van der Waals surface area contributed by atoms with E-state index in [2.05, 4.69) is 25.8 Å². The normalized spacial score (nSPS) is 22.8. The van der Waals surface area contributed by atoms with Crippen molar-refractivity contribution in [2.45, 2.75) is 52.7 Å². The maximum atomic E-state index is 12.7. The molecule has 1 fully saturated rings. The van der Waals surface area contributed by atoms with Gasteiger partial charge in [0.25, 0.3) is 5.56 Å². The van der Waals surface area contributed by atoms with E-state index in [4.69, 9.17) is 16.3 Å². The standard InChI is InChI=1S/C19H27ClN4O4/c1-10(2)12-7-6-11(3)8-13(12)28-14(25)9-24-15-16(21-18(24)20)22(4)19(27)23(5)17(15)26/h10-13H,6-9H2,1-5H3/t11-,12+,13+/m1/s1. The van der Waals surface area contributed by atoms with E-state index >= 15 is 0 Å². The zero-order valence-electron chi connectivity index (χ0n) is 16.9. The number of rotatable bonds is 4. The highest BCUT2D eigenvalue weighted by Crippen LogP contribution is 2.35. The number of carbonyl (C=O) groups excluding carboxylic acids is 1. The van der Waals surface area contributed by atoms with E-state index in [1.165, 1.54) is 23.2 Å². The summed E-state index contributed by atoms with van der Waals surface area (Å²) in [5.74, 6) is 0.794. The highest BCUT2D eigenvalue weighted by Gasteiger charge is 2.33. The molecule has 0 saturated heterocycles. The number of carbonyl (C=O) groups is 1. The number of hydrogen-bond acceptors (Lipinski definition) is 5. The molecule has 8 nitrogen and oxygen atoms in total. The van der Waals surface area contributed by atoms with E-state index in [0.29, 0.717) is 17.8 Å². The molecule has 1 saturated carbocycles. The van der Waals surface area contributed by atoms with E-state index in [9.17, 15) is 14.4 Å². The van der Waals surface area contributed by atoms with Gasteiger partial charge < -0.3 is 4.74 Å². The van der Waals surface area contributed by atoms with Crippen molar-refractivity contribution >= 4 is 28.7 Å². The summed E-state index contributed by atoms with van der Waals surface area (Å²) in [6, 6.07) is 0. The fourth-order valence-corrected chi connectivity index (χ4v) is 4.37. The second kappa shape index (κ2) is 7.73. The van der Waals surface area contributed by atoms with Gasteiger partial charge >= 0.3 is 11.7 Å². The zero-order valence-corrected chi connectivity index (χ0v) is 17.7. The molecule has 1 aliphatic carbocycles. The van der Waals surface area contributed by atoms with Gasteiger partial charge in [0.15, 0.2) is 11.2 Å². The van der Waals surface area contributed by atoms with E-state index in [1.807, 2.05) is 0 Å². The summed E-state index contributed by atoms with van der Waals surface area (Å²) in [6.07, 6.45) is 2.87. The van der Waals surface area contributed by atoms with Gasteiger partial charge in [-0.15, -0.1) is 0 Å². The van der Waals surface area contributed by atoms with Crippen molar-refractivity contribution in [2.75, 3.05) is 0 Å². The predicted octanol–water partition coefficient (Wildman–Crippen LogP) is 2.09. The third kappa shape index (κ3) is 3.62. The minimum Gasteiger partial charge on any atom is -0.461 e. The van der Waals surface area contributed by atoms with Gasteiger partial charge in [0.2, 0.25) is 5.28 Å². The van der Waals surface area contributed by atoms with Gasteiger partial charge in [-0.25, -0.2) is 4.79 Å². The van der Waals surface area contributed by atoms with Gasteiger partial charge in [-0.05, 0) is 42.2 Å². The smallest absolute Gasteiger partial charge is 0.332 e. The van der Waals surface area contributed by atoms with Gasteiger partial charge in [0.05, 0.1) is 0 Å². The molecule has 0 radical (unpaired) electrons. The van der Waals surface area contributed by atoms with Crippen molar-refractivity contribution in [3.05, 3.63) is 26.1 Å². The summed E-state index contributed by atoms with van der Waals surface area (Å²) in [5, 5.41) is -0.0253. The molecule has 0 bridgehead atoms. The van der Waals surface area contributed by atoms with Crippen LogP contribution in [0.3, 0.4) is 0 Å². The van der Waals surface area contributed by atoms with Crippen LogP contribution < -0.4 is 11.2 Å². The molecule has 3 rings (SSSR count). The zero-order chi connectivity index (χ0) is 20.7. The second-order valence-electron chi connectivity index (χ2n) is 8.20. The number of fused-ring (bicyclic) bond motifs is 1. The summed E-state index contributed by atoms with van der Waals surface area (Å²) in [4.78, 5) is 41.4. The molecule has 0 amide bonds. The first-order valence-electron chi connectivity index (χ1n) is 9.63. The lowest BCUT2D eigenvalue weighted by Gasteiger charge is -2.36. The lowest BCUT2D eigenvalue weighted by atomic mass is 9.75. The molecule has 3 atom stereocenters. The van der Waals surface area contributed by atoms with Crippen molar-refractivity contribution in [2.24, 2.45) is 31.8 Å². The molecule has 2 aromatic heterocycles. The first-order chi connectivity index (χ1) is 13.1. The quantitative estimate of drug-likeness (QED) is 0.568. The molecule has 0 spiro atoms. The van der Waals surface area contributed by atoms with Crippen LogP contribution in [0.1, 0.15) is 40.0 Å². The topological polar surface area (TPSA) is 88.1 Å². The average Bonchev–Trinajstić information content (AvgIpc) is 2.94. The van der Waals surface area contributed by atoms with Crippen molar-refractivity contribution in [3.63, 3.8) is 0 Å². The summed E-state index contributed by atoms with van der Waals surface area (Å²) in [7, 11) is 2.89. The molecule has 28 heavy (non-hydrogen) atoms. The summed E-state index contributed by atoms with van der Waals surface area (Å²) >= 11 is 6.19. The SMILES string of the molecule is CC(C)[C@@H]1CC[C@@H](C)C[C@@H]1OC(=O)Cn1c(Cl)nc2c1c(=O)n(C)c(=O)n2C. The molecule has 0 aliphatic heterocycles. The first-order valence-corrected chi connectivity index (χ1v) is 10.0. The monoisotopic (exact) mass is 410 g/mol. The van der Waals surface area contributed by atoms with Crippen molar-refractivity contribution in [3.8, 4) is 0 Å². The van der Waals surface area contributed by atoms with Crippen LogP contribution in [0.2, 0.25) is 5.28 Å². The van der Waals surface area contributed by atoms with Crippen LogP contribution in [0.5, 0.6) is 0 Å². The van der Waals surface area contributed by atoms with Crippen LogP contribution in [-0.2, 0) is 30.2 Å². The Morgan fingerprint density at radius 3 is 2.57 bits per heavy atom. The Labute approximate surface area is 168 Å². The second-order valence-corrected chi connectivity index (χ2v) is 8.54. The van der Waals surface area contributed by atoms with E-state index in [0.717, 1.165) is 23.8 Å². The van der Waals surface area contributed by atoms with Gasteiger partial charge in [-0.2, -0.15) is 4.98 Å². The van der Waals surface area contributed by atoms with Crippen LogP contribution in [0.4, 0.5) is 0 Å². The van der Waals surface area contributed by atoms with Crippen LogP contribution in [0, 0.1) is 17.8 Å². The Morgan fingerprint density at radius 2 is 1.93 bits per heavy atom. The molecule has 2 heterocycles. The third-order valence-corrected chi connectivity index (χ3v) is 6.12. The molecular weight excluding hydrogens is 384 g/mol. The summed E-state index contributed by atoms with van der Waals surface area (Å²) in [6.45, 7) is 6.23. The van der Waals surface area contributed by atoms with Crippen LogP contribution in [0.25, 0.3) is 11.2 Å². The summed E-state index contributed by atoms with van der Waals surface area (Å²) < 4.78 is 9.34. The Hall–Kier alpha value is -2.09. The van der Waals surface area contributed by atoms with Gasteiger partial charge in [0, 0.05) is 14.1 Å². The van der Waals surface area contributed by atoms with Crippen molar-refractivity contribution < 1.29 is 9.53 Å². The fraction of sp³-hybridized carbons (Fsp3) is 0.684. The fourth-order valence-electron chi connectivity index (χ4n) is 4.15. The number of aryl methyl sites for hydroxylation is 1. The maximum absolute atomic E-state index is 12.7. The largest absolute Gasteiger partial charge is 0.461 e. The van der Waals surface area contributed by atoms with Gasteiger partial charge in [0.1, 0.15) is 12.6 Å². The predicted molar refractivity (Wildman–Crippen MR) is 106 cm³/mol. The third-order valence-electron chi connectivity index (χ3n) is 5.83. The Kier molecular flexibility index (Phi) is 5.70. The average molecular weight is 411 g/mol.